The Kier molecular flexibility index (Phi) is 4.42. The molecule has 0 aliphatic rings. The third kappa shape index (κ3) is 3.79. The number of aromatic nitrogens is 3. The molecule has 0 atom stereocenters. The summed E-state index contributed by atoms with van der Waals surface area (Å²) in [4.78, 5) is 16.0. The van der Waals surface area contributed by atoms with E-state index < -0.39 is 0 Å². The van der Waals surface area contributed by atoms with Gasteiger partial charge in [-0.05, 0) is 23.8 Å². The number of hydrogen-bond acceptors (Lipinski definition) is 3. The second-order valence-corrected chi connectivity index (χ2v) is 5.06. The molecule has 3 aromatic rings. The van der Waals surface area contributed by atoms with E-state index in [2.05, 4.69) is 15.4 Å². The maximum Gasteiger partial charge on any atom is 0.251 e. The Morgan fingerprint density at radius 1 is 1.13 bits per heavy atom. The topological polar surface area (TPSA) is 59.8 Å². The number of carbonyl (C=O) groups is 1. The number of amides is 1. The van der Waals surface area contributed by atoms with E-state index in [1.165, 1.54) is 12.4 Å². The van der Waals surface area contributed by atoms with Crippen molar-refractivity contribution in [3.8, 4) is 0 Å². The number of benzene rings is 2. The third-order valence-electron chi connectivity index (χ3n) is 3.42. The van der Waals surface area contributed by atoms with Gasteiger partial charge >= 0.3 is 0 Å². The summed E-state index contributed by atoms with van der Waals surface area (Å²) in [5, 5.41) is 6.75. The van der Waals surface area contributed by atoms with Gasteiger partial charge in [0.1, 0.15) is 18.5 Å². The van der Waals surface area contributed by atoms with Gasteiger partial charge in [0.2, 0.25) is 0 Å². The number of nitrogens with one attached hydrogen (secondary N) is 1. The normalized spacial score (nSPS) is 10.5. The van der Waals surface area contributed by atoms with E-state index >= 15 is 0 Å². The van der Waals surface area contributed by atoms with Crippen LogP contribution < -0.4 is 5.32 Å². The molecule has 0 fully saturated rings. The van der Waals surface area contributed by atoms with Gasteiger partial charge < -0.3 is 5.32 Å². The summed E-state index contributed by atoms with van der Waals surface area (Å²) < 4.78 is 15.2. The SMILES string of the molecule is O=C(NCc1ccccc1F)c1ccc(Cn2cncn2)cc1. The molecular weight excluding hydrogens is 295 g/mol. The van der Waals surface area contributed by atoms with Gasteiger partial charge in [0.25, 0.3) is 5.91 Å². The minimum Gasteiger partial charge on any atom is -0.348 e. The second-order valence-electron chi connectivity index (χ2n) is 5.06. The van der Waals surface area contributed by atoms with E-state index in [4.69, 9.17) is 0 Å². The molecule has 3 rings (SSSR count). The predicted molar refractivity (Wildman–Crippen MR) is 83.1 cm³/mol. The number of carbonyl (C=O) groups excluding carboxylic acids is 1. The van der Waals surface area contributed by atoms with Crippen molar-refractivity contribution in [3.63, 3.8) is 0 Å². The van der Waals surface area contributed by atoms with Crippen molar-refractivity contribution < 1.29 is 9.18 Å². The molecule has 0 saturated heterocycles. The van der Waals surface area contributed by atoms with Crippen molar-refractivity contribution in [3.05, 3.63) is 83.7 Å². The zero-order valence-corrected chi connectivity index (χ0v) is 12.3. The van der Waals surface area contributed by atoms with Crippen LogP contribution in [0.5, 0.6) is 0 Å². The molecule has 116 valence electrons. The lowest BCUT2D eigenvalue weighted by molar-refractivity contribution is 0.0950. The van der Waals surface area contributed by atoms with Crippen LogP contribution >= 0.6 is 0 Å². The Hall–Kier alpha value is -3.02. The number of hydrogen-bond donors (Lipinski definition) is 1. The first-order valence-electron chi connectivity index (χ1n) is 7.15. The van der Waals surface area contributed by atoms with Crippen LogP contribution in [0.15, 0.2) is 61.2 Å². The lowest BCUT2D eigenvalue weighted by Gasteiger charge is -2.07. The van der Waals surface area contributed by atoms with E-state index in [0.29, 0.717) is 17.7 Å². The van der Waals surface area contributed by atoms with Gasteiger partial charge in [-0.25, -0.2) is 14.1 Å². The van der Waals surface area contributed by atoms with Crippen LogP contribution in [0.3, 0.4) is 0 Å². The van der Waals surface area contributed by atoms with E-state index in [1.54, 1.807) is 41.3 Å². The van der Waals surface area contributed by atoms with Crippen LogP contribution in [0, 0.1) is 5.82 Å². The molecule has 0 aliphatic carbocycles. The fourth-order valence-corrected chi connectivity index (χ4v) is 2.18. The second kappa shape index (κ2) is 6.83. The van der Waals surface area contributed by atoms with Gasteiger partial charge in [-0.2, -0.15) is 5.10 Å². The Morgan fingerprint density at radius 3 is 2.61 bits per heavy atom. The highest BCUT2D eigenvalue weighted by Gasteiger charge is 2.07. The highest BCUT2D eigenvalue weighted by Crippen LogP contribution is 2.08. The molecule has 0 radical (unpaired) electrons. The molecule has 1 N–H and O–H groups in total. The molecule has 0 aliphatic heterocycles. The van der Waals surface area contributed by atoms with Gasteiger partial charge in [0.15, 0.2) is 0 Å². The number of halogens is 1. The van der Waals surface area contributed by atoms with Crippen LogP contribution in [-0.4, -0.2) is 20.7 Å². The zero-order chi connectivity index (χ0) is 16.1. The number of rotatable bonds is 5. The minimum absolute atomic E-state index is 0.159. The average Bonchev–Trinajstić information content (AvgIpc) is 3.07. The standard InChI is InChI=1S/C17H15FN4O/c18-16-4-2-1-3-15(16)9-20-17(23)14-7-5-13(6-8-14)10-22-12-19-11-21-22/h1-8,11-12H,9-10H2,(H,20,23). The highest BCUT2D eigenvalue weighted by atomic mass is 19.1. The lowest BCUT2D eigenvalue weighted by Crippen LogP contribution is -2.23. The van der Waals surface area contributed by atoms with Crippen molar-refractivity contribution in [2.45, 2.75) is 13.1 Å². The molecule has 0 saturated carbocycles. The largest absolute Gasteiger partial charge is 0.348 e. The molecule has 23 heavy (non-hydrogen) atoms. The molecule has 6 heteroatoms. The smallest absolute Gasteiger partial charge is 0.251 e. The predicted octanol–water partition coefficient (Wildman–Crippen LogP) is 2.40. The van der Waals surface area contributed by atoms with E-state index in [9.17, 15) is 9.18 Å². The molecule has 2 aromatic carbocycles. The molecular formula is C17H15FN4O. The van der Waals surface area contributed by atoms with E-state index in [-0.39, 0.29) is 18.3 Å². The molecule has 1 amide bonds. The van der Waals surface area contributed by atoms with Crippen molar-refractivity contribution in [2.75, 3.05) is 0 Å². The first kappa shape index (κ1) is 14.9. The Bertz CT molecular complexity index is 785. The molecule has 5 nitrogen and oxygen atoms in total. The maximum atomic E-state index is 13.5. The van der Waals surface area contributed by atoms with Gasteiger partial charge in [-0.1, -0.05) is 30.3 Å². The van der Waals surface area contributed by atoms with Crippen LogP contribution in [0.4, 0.5) is 4.39 Å². The minimum atomic E-state index is -0.323. The van der Waals surface area contributed by atoms with Crippen molar-refractivity contribution in [1.29, 1.82) is 0 Å². The zero-order valence-electron chi connectivity index (χ0n) is 12.3. The fraction of sp³-hybridized carbons (Fsp3) is 0.118. The summed E-state index contributed by atoms with van der Waals surface area (Å²) in [6, 6.07) is 13.6. The summed E-state index contributed by atoms with van der Waals surface area (Å²) in [5.41, 5.74) is 2.01. The quantitative estimate of drug-likeness (QED) is 0.787. The fourth-order valence-electron chi connectivity index (χ4n) is 2.18. The van der Waals surface area contributed by atoms with Crippen LogP contribution in [0.25, 0.3) is 0 Å². The average molecular weight is 310 g/mol. The monoisotopic (exact) mass is 310 g/mol. The molecule has 0 unspecified atom stereocenters. The molecule has 1 heterocycles. The van der Waals surface area contributed by atoms with E-state index in [1.807, 2.05) is 12.1 Å². The molecule has 1 aromatic heterocycles. The lowest BCUT2D eigenvalue weighted by atomic mass is 10.1. The Morgan fingerprint density at radius 2 is 1.91 bits per heavy atom. The van der Waals surface area contributed by atoms with Gasteiger partial charge in [-0.15, -0.1) is 0 Å². The highest BCUT2D eigenvalue weighted by molar-refractivity contribution is 5.94. The van der Waals surface area contributed by atoms with Gasteiger partial charge in [0, 0.05) is 17.7 Å². The van der Waals surface area contributed by atoms with Crippen molar-refractivity contribution in [2.24, 2.45) is 0 Å². The number of nitrogens with zero attached hydrogens (tertiary/aromatic N) is 3. The Balaban J connectivity index is 1.60. The van der Waals surface area contributed by atoms with E-state index in [0.717, 1.165) is 5.56 Å². The summed E-state index contributed by atoms with van der Waals surface area (Å²) >= 11 is 0. The maximum absolute atomic E-state index is 13.5. The van der Waals surface area contributed by atoms with Gasteiger partial charge in [0.05, 0.1) is 6.54 Å². The van der Waals surface area contributed by atoms with Crippen molar-refractivity contribution >= 4 is 5.91 Å². The Labute approximate surface area is 132 Å². The molecule has 0 spiro atoms. The first-order valence-corrected chi connectivity index (χ1v) is 7.15. The van der Waals surface area contributed by atoms with Crippen molar-refractivity contribution in [1.82, 2.24) is 20.1 Å². The summed E-state index contributed by atoms with van der Waals surface area (Å²) in [6.07, 6.45) is 3.11. The third-order valence-corrected chi connectivity index (χ3v) is 3.42. The summed E-state index contributed by atoms with van der Waals surface area (Å²) in [7, 11) is 0. The summed E-state index contributed by atoms with van der Waals surface area (Å²) in [6.45, 7) is 0.753. The van der Waals surface area contributed by atoms with Crippen LogP contribution in [0.2, 0.25) is 0 Å². The first-order chi connectivity index (χ1) is 11.2. The van der Waals surface area contributed by atoms with Gasteiger partial charge in [-0.3, -0.25) is 4.79 Å². The summed E-state index contributed by atoms with van der Waals surface area (Å²) in [5.74, 6) is -0.559. The molecule has 0 bridgehead atoms. The van der Waals surface area contributed by atoms with Crippen LogP contribution in [-0.2, 0) is 13.1 Å². The van der Waals surface area contributed by atoms with Crippen LogP contribution in [0.1, 0.15) is 21.5 Å².